The van der Waals surface area contributed by atoms with Crippen molar-refractivity contribution in [3.8, 4) is 0 Å². The molecule has 1 aliphatic carbocycles. The Kier molecular flexibility index (Phi) is 6.78. The average molecular weight is 329 g/mol. The van der Waals surface area contributed by atoms with Crippen LogP contribution < -0.4 is 10.6 Å². The highest BCUT2D eigenvalue weighted by atomic mass is 35.5. The summed E-state index contributed by atoms with van der Waals surface area (Å²) in [6.45, 7) is 2.94. The van der Waals surface area contributed by atoms with Crippen LogP contribution in [0.2, 0.25) is 0 Å². The van der Waals surface area contributed by atoms with Gasteiger partial charge in [-0.2, -0.15) is 13.2 Å². The molecule has 7 heteroatoms. The Morgan fingerprint density at radius 1 is 1.19 bits per heavy atom. The van der Waals surface area contributed by atoms with Crippen LogP contribution in [0.4, 0.5) is 13.2 Å². The van der Waals surface area contributed by atoms with Crippen LogP contribution in [-0.2, 0) is 4.79 Å². The lowest BCUT2D eigenvalue weighted by Crippen LogP contribution is -2.53. The number of carbonyl (C=O) groups is 1. The predicted octanol–water partition coefficient (Wildman–Crippen LogP) is 3.03. The molecule has 3 nitrogen and oxygen atoms in total. The fraction of sp³-hybridized carbons (Fsp3) is 0.929. The summed E-state index contributed by atoms with van der Waals surface area (Å²) in [5, 5.41) is 6.22. The zero-order chi connectivity index (χ0) is 14.8. The monoisotopic (exact) mass is 328 g/mol. The Labute approximate surface area is 129 Å². The molecule has 1 amide bonds. The largest absolute Gasteiger partial charge is 0.391 e. The van der Waals surface area contributed by atoms with Crippen LogP contribution >= 0.6 is 12.4 Å². The number of hydrogen-bond acceptors (Lipinski definition) is 2. The standard InChI is InChI=1S/C14H23F3N2O.ClH/c1-9-12(6-3-7-18-9)19-13(20)10-4-2-5-11(8-10)14(15,16)17;/h9-12,18H,2-8H2,1H3,(H,19,20);1H. The fourth-order valence-corrected chi connectivity index (χ4v) is 3.27. The highest BCUT2D eigenvalue weighted by molar-refractivity contribution is 5.85. The molecule has 4 unspecified atom stereocenters. The first-order valence-corrected chi connectivity index (χ1v) is 7.48. The second kappa shape index (κ2) is 7.68. The lowest BCUT2D eigenvalue weighted by atomic mass is 9.80. The molecule has 2 rings (SSSR count). The minimum absolute atomic E-state index is 0. The molecule has 0 aromatic rings. The summed E-state index contributed by atoms with van der Waals surface area (Å²) in [5.74, 6) is -1.99. The van der Waals surface area contributed by atoms with Crippen molar-refractivity contribution in [1.82, 2.24) is 10.6 Å². The third kappa shape index (κ3) is 5.02. The maximum Gasteiger partial charge on any atom is 0.391 e. The van der Waals surface area contributed by atoms with Gasteiger partial charge >= 0.3 is 6.18 Å². The first kappa shape index (κ1) is 18.6. The van der Waals surface area contributed by atoms with Crippen LogP contribution in [0.15, 0.2) is 0 Å². The Morgan fingerprint density at radius 2 is 1.90 bits per heavy atom. The van der Waals surface area contributed by atoms with Gasteiger partial charge in [0.25, 0.3) is 0 Å². The lowest BCUT2D eigenvalue weighted by molar-refractivity contribution is -0.186. The number of amides is 1. The molecule has 0 bridgehead atoms. The van der Waals surface area contributed by atoms with Crippen molar-refractivity contribution >= 4 is 18.3 Å². The molecule has 1 saturated carbocycles. The van der Waals surface area contributed by atoms with E-state index in [0.29, 0.717) is 12.8 Å². The predicted molar refractivity (Wildman–Crippen MR) is 77.4 cm³/mol. The maximum absolute atomic E-state index is 12.8. The van der Waals surface area contributed by atoms with E-state index in [1.807, 2.05) is 6.92 Å². The van der Waals surface area contributed by atoms with E-state index in [-0.39, 0.29) is 43.2 Å². The number of halogens is 4. The van der Waals surface area contributed by atoms with Crippen LogP contribution in [-0.4, -0.2) is 30.7 Å². The molecule has 0 spiro atoms. The minimum Gasteiger partial charge on any atom is -0.352 e. The number of rotatable bonds is 2. The maximum atomic E-state index is 12.8. The summed E-state index contributed by atoms with van der Waals surface area (Å²) < 4.78 is 38.3. The van der Waals surface area contributed by atoms with Gasteiger partial charge in [0.2, 0.25) is 5.91 Å². The van der Waals surface area contributed by atoms with Gasteiger partial charge in [0, 0.05) is 18.0 Å². The van der Waals surface area contributed by atoms with E-state index in [2.05, 4.69) is 10.6 Å². The van der Waals surface area contributed by atoms with E-state index in [4.69, 9.17) is 0 Å². The number of carbonyl (C=O) groups excluding carboxylic acids is 1. The summed E-state index contributed by atoms with van der Waals surface area (Å²) in [6.07, 6.45) is -1.11. The molecule has 0 aromatic heterocycles. The van der Waals surface area contributed by atoms with Crippen molar-refractivity contribution in [2.24, 2.45) is 11.8 Å². The number of hydrogen-bond donors (Lipinski definition) is 2. The average Bonchev–Trinajstić information content (AvgIpc) is 2.40. The highest BCUT2D eigenvalue weighted by Gasteiger charge is 2.43. The van der Waals surface area contributed by atoms with Crippen molar-refractivity contribution in [2.75, 3.05) is 6.54 Å². The van der Waals surface area contributed by atoms with Crippen LogP contribution in [0.5, 0.6) is 0 Å². The molecule has 1 aliphatic heterocycles. The normalized spacial score (nSPS) is 33.9. The SMILES string of the molecule is CC1NCCCC1NC(=O)C1CCCC(C(F)(F)F)C1.Cl. The minimum atomic E-state index is -4.17. The second-order valence-corrected chi connectivity index (χ2v) is 6.10. The van der Waals surface area contributed by atoms with Crippen LogP contribution in [0.3, 0.4) is 0 Å². The molecule has 2 fully saturated rings. The van der Waals surface area contributed by atoms with Gasteiger partial charge in [0.05, 0.1) is 5.92 Å². The smallest absolute Gasteiger partial charge is 0.352 e. The summed E-state index contributed by atoms with van der Waals surface area (Å²) >= 11 is 0. The third-order valence-electron chi connectivity index (χ3n) is 4.60. The molecule has 2 N–H and O–H groups in total. The van der Waals surface area contributed by atoms with Gasteiger partial charge in [-0.05, 0) is 45.6 Å². The molecule has 21 heavy (non-hydrogen) atoms. The zero-order valence-electron chi connectivity index (χ0n) is 12.2. The first-order valence-electron chi connectivity index (χ1n) is 7.48. The van der Waals surface area contributed by atoms with Gasteiger partial charge in [0.1, 0.15) is 0 Å². The van der Waals surface area contributed by atoms with Crippen molar-refractivity contribution in [3.05, 3.63) is 0 Å². The molecule has 0 radical (unpaired) electrons. The summed E-state index contributed by atoms with van der Waals surface area (Å²) in [5.41, 5.74) is 0. The third-order valence-corrected chi connectivity index (χ3v) is 4.60. The first-order chi connectivity index (χ1) is 9.38. The molecular formula is C14H24ClF3N2O. The summed E-state index contributed by atoms with van der Waals surface area (Å²) in [4.78, 5) is 12.2. The van der Waals surface area contributed by atoms with Crippen LogP contribution in [0.1, 0.15) is 45.4 Å². The van der Waals surface area contributed by atoms with Crippen LogP contribution in [0.25, 0.3) is 0 Å². The van der Waals surface area contributed by atoms with Crippen molar-refractivity contribution < 1.29 is 18.0 Å². The Hall–Kier alpha value is -0.490. The molecule has 124 valence electrons. The number of alkyl halides is 3. The summed E-state index contributed by atoms with van der Waals surface area (Å²) in [7, 11) is 0. The van der Waals surface area contributed by atoms with Gasteiger partial charge in [-0.25, -0.2) is 0 Å². The fourth-order valence-electron chi connectivity index (χ4n) is 3.27. The Balaban J connectivity index is 0.00000220. The van der Waals surface area contributed by atoms with E-state index < -0.39 is 18.0 Å². The molecule has 4 atom stereocenters. The topological polar surface area (TPSA) is 41.1 Å². The number of piperidine rings is 1. The van der Waals surface area contributed by atoms with Gasteiger partial charge in [-0.1, -0.05) is 6.42 Å². The van der Waals surface area contributed by atoms with E-state index in [1.54, 1.807) is 0 Å². The van der Waals surface area contributed by atoms with Gasteiger partial charge in [0.15, 0.2) is 0 Å². The van der Waals surface area contributed by atoms with Crippen molar-refractivity contribution in [1.29, 1.82) is 0 Å². The number of nitrogens with one attached hydrogen (secondary N) is 2. The van der Waals surface area contributed by atoms with Gasteiger partial charge in [-0.15, -0.1) is 12.4 Å². The molecule has 2 aliphatic rings. The van der Waals surface area contributed by atoms with Gasteiger partial charge < -0.3 is 10.6 Å². The molecule has 0 aromatic carbocycles. The Bertz CT molecular complexity index is 352. The quantitative estimate of drug-likeness (QED) is 0.818. The van der Waals surface area contributed by atoms with Crippen molar-refractivity contribution in [2.45, 2.75) is 63.7 Å². The second-order valence-electron chi connectivity index (χ2n) is 6.10. The lowest BCUT2D eigenvalue weighted by Gasteiger charge is -2.34. The Morgan fingerprint density at radius 3 is 2.52 bits per heavy atom. The molecule has 1 saturated heterocycles. The summed E-state index contributed by atoms with van der Waals surface area (Å²) in [6, 6.07) is 0.234. The molecular weight excluding hydrogens is 305 g/mol. The van der Waals surface area contributed by atoms with Gasteiger partial charge in [-0.3, -0.25) is 4.79 Å². The van der Waals surface area contributed by atoms with Crippen molar-refractivity contribution in [3.63, 3.8) is 0 Å². The molecule has 1 heterocycles. The van der Waals surface area contributed by atoms with E-state index >= 15 is 0 Å². The van der Waals surface area contributed by atoms with E-state index in [0.717, 1.165) is 19.4 Å². The highest BCUT2D eigenvalue weighted by Crippen LogP contribution is 2.40. The zero-order valence-corrected chi connectivity index (χ0v) is 13.0. The van der Waals surface area contributed by atoms with E-state index in [9.17, 15) is 18.0 Å². The van der Waals surface area contributed by atoms with E-state index in [1.165, 1.54) is 0 Å². The van der Waals surface area contributed by atoms with Crippen LogP contribution in [0, 0.1) is 11.8 Å².